The first-order chi connectivity index (χ1) is 13.6. The Morgan fingerprint density at radius 3 is 2.89 bits per heavy atom. The van der Waals surface area contributed by atoms with E-state index >= 15 is 0 Å². The summed E-state index contributed by atoms with van der Waals surface area (Å²) < 4.78 is 12.7. The van der Waals surface area contributed by atoms with Gasteiger partial charge in [-0.3, -0.25) is 14.6 Å². The van der Waals surface area contributed by atoms with Crippen molar-refractivity contribution in [1.29, 1.82) is 0 Å². The van der Waals surface area contributed by atoms with E-state index in [-0.39, 0.29) is 11.5 Å². The van der Waals surface area contributed by atoms with Crippen LogP contribution >= 0.6 is 11.6 Å². The Balaban J connectivity index is 1.41. The average Bonchev–Trinajstić information content (AvgIpc) is 3.42. The largest absolute Gasteiger partial charge is 0.462 e. The highest BCUT2D eigenvalue weighted by Crippen LogP contribution is 2.35. The maximum Gasteiger partial charge on any atom is 0.265 e. The molecule has 142 valence electrons. The number of carbonyl (C=O) groups excluding carboxylic acids is 1. The van der Waals surface area contributed by atoms with Gasteiger partial charge in [0.15, 0.2) is 5.82 Å². The van der Waals surface area contributed by atoms with E-state index in [1.165, 1.54) is 4.57 Å². The van der Waals surface area contributed by atoms with E-state index in [2.05, 4.69) is 9.97 Å². The molecule has 1 fully saturated rings. The van der Waals surface area contributed by atoms with Crippen molar-refractivity contribution in [1.82, 2.24) is 19.4 Å². The molecule has 2 aromatic heterocycles. The number of hydrogen-bond donors (Lipinski definition) is 0. The molecule has 3 aromatic rings. The predicted octanol–water partition coefficient (Wildman–Crippen LogP) is 1.86. The second-order valence-electron chi connectivity index (χ2n) is 6.55. The molecule has 0 radical (unpaired) electrons. The molecule has 2 aliphatic rings. The van der Waals surface area contributed by atoms with Gasteiger partial charge in [-0.25, -0.2) is 9.55 Å². The van der Waals surface area contributed by atoms with Crippen molar-refractivity contribution in [3.8, 4) is 5.75 Å². The quantitative estimate of drug-likeness (QED) is 0.669. The molecular formula is C19H15ClN4O4. The zero-order chi connectivity index (χ0) is 19.3. The molecule has 1 saturated heterocycles. The number of fused-ring (bicyclic) bond motifs is 2. The van der Waals surface area contributed by atoms with Crippen molar-refractivity contribution >= 4 is 28.4 Å². The van der Waals surface area contributed by atoms with Crippen LogP contribution < -0.4 is 10.3 Å². The third kappa shape index (κ3) is 2.81. The van der Waals surface area contributed by atoms with Crippen molar-refractivity contribution in [2.75, 3.05) is 26.3 Å². The molecule has 2 aliphatic heterocycles. The molecule has 4 heterocycles. The summed E-state index contributed by atoms with van der Waals surface area (Å²) in [5, 5.41) is 0.841. The lowest BCUT2D eigenvalue weighted by Crippen LogP contribution is -2.40. The van der Waals surface area contributed by atoms with Gasteiger partial charge in [-0.05, 0) is 24.3 Å². The Morgan fingerprint density at radius 2 is 2.07 bits per heavy atom. The molecule has 0 bridgehead atoms. The van der Waals surface area contributed by atoms with Crippen LogP contribution in [0.4, 0.5) is 0 Å². The van der Waals surface area contributed by atoms with Crippen LogP contribution in [-0.4, -0.2) is 51.6 Å². The number of hydrogen-bond acceptors (Lipinski definition) is 6. The smallest absolute Gasteiger partial charge is 0.265 e. The van der Waals surface area contributed by atoms with Crippen molar-refractivity contribution in [2.24, 2.45) is 0 Å². The SMILES string of the molecule is O=C(c1cc(OC2c3nc4cnccc4c(=O)n32)ccc1Cl)N1CCOCC1. The number of ether oxygens (including phenoxy) is 2. The van der Waals surface area contributed by atoms with Crippen LogP contribution in [0.5, 0.6) is 5.75 Å². The van der Waals surface area contributed by atoms with Crippen molar-refractivity contribution in [3.05, 3.63) is 63.4 Å². The fourth-order valence-electron chi connectivity index (χ4n) is 3.31. The summed E-state index contributed by atoms with van der Waals surface area (Å²) in [5.74, 6) is 0.804. The molecule has 0 aliphatic carbocycles. The first-order valence-corrected chi connectivity index (χ1v) is 9.20. The van der Waals surface area contributed by atoms with E-state index in [1.54, 1.807) is 41.6 Å². The molecule has 28 heavy (non-hydrogen) atoms. The fraction of sp³-hybridized carbons (Fsp3) is 0.263. The summed E-state index contributed by atoms with van der Waals surface area (Å²) in [7, 11) is 0. The summed E-state index contributed by atoms with van der Waals surface area (Å²) in [6, 6.07) is 6.53. The Kier molecular flexibility index (Phi) is 4.03. The summed E-state index contributed by atoms with van der Waals surface area (Å²) >= 11 is 6.24. The molecule has 0 N–H and O–H groups in total. The average molecular weight is 399 g/mol. The normalized spacial score (nSPS) is 18.0. The third-order valence-electron chi connectivity index (χ3n) is 4.83. The topological polar surface area (TPSA) is 86.6 Å². The summed E-state index contributed by atoms with van der Waals surface area (Å²) in [4.78, 5) is 35.4. The highest BCUT2D eigenvalue weighted by Gasteiger charge is 2.39. The number of nitrogens with zero attached hydrogens (tertiary/aromatic N) is 4. The molecule has 1 atom stereocenters. The molecular weight excluding hydrogens is 384 g/mol. The maximum absolute atomic E-state index is 12.8. The van der Waals surface area contributed by atoms with E-state index in [1.807, 2.05) is 0 Å². The van der Waals surface area contributed by atoms with Crippen LogP contribution in [0.15, 0.2) is 41.5 Å². The van der Waals surface area contributed by atoms with Gasteiger partial charge in [-0.15, -0.1) is 0 Å². The number of amides is 1. The zero-order valence-electron chi connectivity index (χ0n) is 14.7. The lowest BCUT2D eigenvalue weighted by molar-refractivity contribution is 0.0302. The van der Waals surface area contributed by atoms with Gasteiger partial charge in [0.25, 0.3) is 11.5 Å². The first kappa shape index (κ1) is 17.2. The van der Waals surface area contributed by atoms with Gasteiger partial charge in [-0.2, -0.15) is 0 Å². The number of aromatic nitrogens is 3. The molecule has 0 spiro atoms. The lowest BCUT2D eigenvalue weighted by atomic mass is 10.1. The molecule has 0 saturated carbocycles. The van der Waals surface area contributed by atoms with E-state index in [4.69, 9.17) is 21.1 Å². The van der Waals surface area contributed by atoms with E-state index in [9.17, 15) is 9.59 Å². The van der Waals surface area contributed by atoms with Gasteiger partial charge >= 0.3 is 0 Å². The van der Waals surface area contributed by atoms with Gasteiger partial charge in [-0.1, -0.05) is 11.6 Å². The standard InChI is InChI=1S/C19H15ClN4O4/c20-14-2-1-11(9-13(14)17(25)23-5-7-27-8-6-23)28-19-16-22-15-10-21-4-3-12(15)18(26)24(16)19/h1-4,9-10,19H,5-8H2. The molecule has 8 nitrogen and oxygen atoms in total. The molecule has 1 unspecified atom stereocenters. The Hall–Kier alpha value is -2.97. The van der Waals surface area contributed by atoms with Gasteiger partial charge in [0.05, 0.1) is 40.9 Å². The van der Waals surface area contributed by atoms with Crippen molar-refractivity contribution in [3.63, 3.8) is 0 Å². The number of pyridine rings is 1. The second kappa shape index (κ2) is 6.57. The highest BCUT2D eigenvalue weighted by molar-refractivity contribution is 6.33. The lowest BCUT2D eigenvalue weighted by Gasteiger charge is -2.27. The van der Waals surface area contributed by atoms with Crippen molar-refractivity contribution in [2.45, 2.75) is 6.23 Å². The molecule has 1 aromatic carbocycles. The predicted molar refractivity (Wildman–Crippen MR) is 101 cm³/mol. The van der Waals surface area contributed by atoms with Crippen LogP contribution in [-0.2, 0) is 4.74 Å². The summed E-state index contributed by atoms with van der Waals surface area (Å²) in [6.45, 7) is 2.06. The number of carbonyl (C=O) groups is 1. The van der Waals surface area contributed by atoms with Gasteiger partial charge in [0.1, 0.15) is 5.75 Å². The third-order valence-corrected chi connectivity index (χ3v) is 5.16. The second-order valence-corrected chi connectivity index (χ2v) is 6.96. The fourth-order valence-corrected chi connectivity index (χ4v) is 3.51. The Labute approximate surface area is 164 Å². The van der Waals surface area contributed by atoms with E-state index in [0.717, 1.165) is 0 Å². The number of rotatable bonds is 3. The van der Waals surface area contributed by atoms with Crippen LogP contribution in [0.3, 0.4) is 0 Å². The van der Waals surface area contributed by atoms with Crippen LogP contribution in [0.2, 0.25) is 5.02 Å². The van der Waals surface area contributed by atoms with E-state index in [0.29, 0.717) is 59.4 Å². The summed E-state index contributed by atoms with van der Waals surface area (Å²) in [6.07, 6.45) is 2.51. The Morgan fingerprint density at radius 1 is 1.25 bits per heavy atom. The number of morpholine rings is 1. The molecule has 5 rings (SSSR count). The van der Waals surface area contributed by atoms with Crippen LogP contribution in [0.25, 0.3) is 10.9 Å². The van der Waals surface area contributed by atoms with Crippen LogP contribution in [0.1, 0.15) is 22.4 Å². The van der Waals surface area contributed by atoms with Gasteiger partial charge < -0.3 is 14.4 Å². The maximum atomic E-state index is 12.8. The first-order valence-electron chi connectivity index (χ1n) is 8.83. The monoisotopic (exact) mass is 398 g/mol. The zero-order valence-corrected chi connectivity index (χ0v) is 15.4. The Bertz CT molecular complexity index is 1160. The van der Waals surface area contributed by atoms with Crippen molar-refractivity contribution < 1.29 is 14.3 Å². The van der Waals surface area contributed by atoms with Gasteiger partial charge in [0, 0.05) is 19.3 Å². The minimum absolute atomic E-state index is 0.167. The molecule has 1 amide bonds. The van der Waals surface area contributed by atoms with Gasteiger partial charge in [0.2, 0.25) is 6.23 Å². The number of halogens is 1. The minimum Gasteiger partial charge on any atom is -0.462 e. The minimum atomic E-state index is -0.590. The van der Waals surface area contributed by atoms with E-state index < -0.39 is 6.23 Å². The summed E-state index contributed by atoms with van der Waals surface area (Å²) in [5.41, 5.74) is 0.718. The van der Waals surface area contributed by atoms with Crippen LogP contribution in [0, 0.1) is 0 Å². The molecule has 9 heteroatoms. The number of benzene rings is 1. The highest BCUT2D eigenvalue weighted by atomic mass is 35.5.